The van der Waals surface area contributed by atoms with Crippen LogP contribution < -0.4 is 0 Å². The number of rotatable bonds is 8. The van der Waals surface area contributed by atoms with Crippen LogP contribution in [0.3, 0.4) is 0 Å². The molecule has 0 aliphatic carbocycles. The molecule has 24 heavy (non-hydrogen) atoms. The van der Waals surface area contributed by atoms with Crippen LogP contribution in [-0.2, 0) is 10.0 Å². The van der Waals surface area contributed by atoms with E-state index in [0.29, 0.717) is 11.4 Å². The van der Waals surface area contributed by atoms with Crippen LogP contribution >= 0.6 is 0 Å². The molecule has 0 saturated carbocycles. The molecule has 134 valence electrons. The van der Waals surface area contributed by atoms with Crippen LogP contribution in [0.1, 0.15) is 31.7 Å². The smallest absolute Gasteiger partial charge is 0.207 e. The van der Waals surface area contributed by atoms with Gasteiger partial charge in [0.15, 0.2) is 0 Å². The Balaban J connectivity index is 1.79. The van der Waals surface area contributed by atoms with Gasteiger partial charge in [-0.25, -0.2) is 8.42 Å². The van der Waals surface area contributed by atoms with Gasteiger partial charge in [0, 0.05) is 20.7 Å². The summed E-state index contributed by atoms with van der Waals surface area (Å²) in [7, 11) is -4.31. The number of benzene rings is 1. The minimum atomic E-state index is -3.29. The summed E-state index contributed by atoms with van der Waals surface area (Å²) in [5.41, 5.74) is 2.57. The van der Waals surface area contributed by atoms with Crippen LogP contribution in [0.15, 0.2) is 40.8 Å². The topological polar surface area (TPSA) is 37.1 Å². The molecule has 1 aromatic carbocycles. The van der Waals surface area contributed by atoms with Crippen molar-refractivity contribution in [3.05, 3.63) is 41.5 Å². The maximum Gasteiger partial charge on any atom is 0.243 e. The van der Waals surface area contributed by atoms with Gasteiger partial charge in [0.25, 0.3) is 0 Å². The number of nitrogens with zero attached hydrogens (tertiary/aromatic N) is 1. The SMILES string of the molecule is C/C(=C\CCC[C@@H]1CN1S(=O)(=O)c1ccc(C)cc1)C[Si](C)(C)C. The Morgan fingerprint density at radius 3 is 2.46 bits per heavy atom. The van der Waals surface area contributed by atoms with E-state index in [1.807, 2.05) is 19.1 Å². The van der Waals surface area contributed by atoms with Crippen LogP contribution in [0.2, 0.25) is 25.7 Å². The molecular weight excluding hydrogens is 334 g/mol. The van der Waals surface area contributed by atoms with Gasteiger partial charge in [-0.15, -0.1) is 0 Å². The quantitative estimate of drug-likeness (QED) is 0.286. The van der Waals surface area contributed by atoms with Crippen molar-refractivity contribution < 1.29 is 8.42 Å². The van der Waals surface area contributed by atoms with E-state index in [4.69, 9.17) is 0 Å². The molecule has 2 atom stereocenters. The summed E-state index contributed by atoms with van der Waals surface area (Å²) in [6.07, 6.45) is 5.43. The first-order valence-corrected chi connectivity index (χ1v) is 14.0. The molecule has 1 aliphatic rings. The maximum atomic E-state index is 12.5. The molecule has 1 heterocycles. The Morgan fingerprint density at radius 2 is 1.88 bits per heavy atom. The molecule has 3 nitrogen and oxygen atoms in total. The lowest BCUT2D eigenvalue weighted by molar-refractivity contribution is 0.544. The van der Waals surface area contributed by atoms with Gasteiger partial charge in [0.1, 0.15) is 0 Å². The fourth-order valence-corrected chi connectivity index (χ4v) is 6.58. The lowest BCUT2D eigenvalue weighted by Gasteiger charge is -2.15. The molecule has 0 radical (unpaired) electrons. The molecular formula is C19H31NO2SSi. The minimum absolute atomic E-state index is 0.196. The van der Waals surface area contributed by atoms with E-state index in [1.54, 1.807) is 16.4 Å². The van der Waals surface area contributed by atoms with Gasteiger partial charge in [-0.05, 0) is 51.3 Å². The highest BCUT2D eigenvalue weighted by atomic mass is 32.2. The molecule has 0 spiro atoms. The Hall–Kier alpha value is -0.913. The van der Waals surface area contributed by atoms with E-state index >= 15 is 0 Å². The lowest BCUT2D eigenvalue weighted by Crippen LogP contribution is -2.19. The van der Waals surface area contributed by atoms with Crippen molar-refractivity contribution >= 4 is 18.1 Å². The predicted octanol–water partition coefficient (Wildman–Crippen LogP) is 4.82. The van der Waals surface area contributed by atoms with E-state index in [9.17, 15) is 8.42 Å². The number of hydrogen-bond acceptors (Lipinski definition) is 2. The summed E-state index contributed by atoms with van der Waals surface area (Å²) in [6, 6.07) is 8.59. The van der Waals surface area contributed by atoms with Gasteiger partial charge >= 0.3 is 0 Å². The second-order valence-corrected chi connectivity index (χ2v) is 15.6. The zero-order valence-electron chi connectivity index (χ0n) is 15.7. The van der Waals surface area contributed by atoms with Crippen molar-refractivity contribution in [2.45, 2.75) is 69.7 Å². The summed E-state index contributed by atoms with van der Waals surface area (Å²) in [5.74, 6) is 0. The normalized spacial score (nSPS) is 21.8. The summed E-state index contributed by atoms with van der Waals surface area (Å²) >= 11 is 0. The lowest BCUT2D eigenvalue weighted by atomic mass is 10.1. The zero-order chi connectivity index (χ0) is 18.0. The van der Waals surface area contributed by atoms with Crippen molar-refractivity contribution in [2.75, 3.05) is 6.54 Å². The van der Waals surface area contributed by atoms with Crippen LogP contribution in [0, 0.1) is 6.92 Å². The number of unbranched alkanes of at least 4 members (excludes halogenated alkanes) is 1. The molecule has 0 bridgehead atoms. The molecule has 2 rings (SSSR count). The number of aryl methyl sites for hydroxylation is 1. The number of allylic oxidation sites excluding steroid dienone is 2. The van der Waals surface area contributed by atoms with Crippen molar-refractivity contribution in [1.82, 2.24) is 4.31 Å². The largest absolute Gasteiger partial charge is 0.243 e. The molecule has 0 amide bonds. The third kappa shape index (κ3) is 5.57. The summed E-state index contributed by atoms with van der Waals surface area (Å²) in [5, 5.41) is 0. The van der Waals surface area contributed by atoms with Crippen molar-refractivity contribution in [3.8, 4) is 0 Å². The highest BCUT2D eigenvalue weighted by molar-refractivity contribution is 7.89. The van der Waals surface area contributed by atoms with E-state index in [0.717, 1.165) is 24.8 Å². The van der Waals surface area contributed by atoms with E-state index in [1.165, 1.54) is 11.6 Å². The standard InChI is InChI=1S/C19H31NO2SSi/c1-16-10-12-19(13-11-16)23(21,22)20-14-18(20)9-7-6-8-17(2)15-24(3,4)5/h8,10-13,18H,6-7,9,14-15H2,1-5H3/b17-8+/t18-,20?/m1/s1. The summed E-state index contributed by atoms with van der Waals surface area (Å²) < 4.78 is 26.7. The average molecular weight is 366 g/mol. The van der Waals surface area contributed by atoms with E-state index in [2.05, 4.69) is 32.6 Å². The monoisotopic (exact) mass is 365 g/mol. The second-order valence-electron chi connectivity index (χ2n) is 8.26. The fraction of sp³-hybridized carbons (Fsp3) is 0.579. The Kier molecular flexibility index (Phi) is 6.10. The van der Waals surface area contributed by atoms with E-state index in [-0.39, 0.29) is 6.04 Å². The predicted molar refractivity (Wildman–Crippen MR) is 105 cm³/mol. The molecule has 0 N–H and O–H groups in total. The van der Waals surface area contributed by atoms with Crippen LogP contribution in [0.25, 0.3) is 0 Å². The third-order valence-corrected chi connectivity index (χ3v) is 7.89. The van der Waals surface area contributed by atoms with Crippen LogP contribution in [0.4, 0.5) is 0 Å². The van der Waals surface area contributed by atoms with Crippen molar-refractivity contribution in [2.24, 2.45) is 0 Å². The Bertz CT molecular complexity index is 687. The highest BCUT2D eigenvalue weighted by Gasteiger charge is 2.43. The van der Waals surface area contributed by atoms with Gasteiger partial charge in [0.2, 0.25) is 10.0 Å². The molecule has 5 heteroatoms. The highest BCUT2D eigenvalue weighted by Crippen LogP contribution is 2.31. The number of sulfonamides is 1. The molecule has 1 unspecified atom stereocenters. The zero-order valence-corrected chi connectivity index (χ0v) is 17.5. The van der Waals surface area contributed by atoms with Gasteiger partial charge in [0.05, 0.1) is 4.90 Å². The maximum absolute atomic E-state index is 12.5. The first-order valence-electron chi connectivity index (χ1n) is 8.84. The molecule has 1 saturated heterocycles. The molecule has 1 fully saturated rings. The fourth-order valence-electron chi connectivity index (χ4n) is 3.15. The van der Waals surface area contributed by atoms with Gasteiger partial charge in [-0.2, -0.15) is 4.31 Å². The number of hydrogen-bond donors (Lipinski definition) is 0. The molecule has 1 aromatic rings. The summed E-state index contributed by atoms with van der Waals surface area (Å²) in [4.78, 5) is 0.418. The average Bonchev–Trinajstić information content (AvgIpc) is 3.22. The van der Waals surface area contributed by atoms with Crippen LogP contribution in [0.5, 0.6) is 0 Å². The Morgan fingerprint density at radius 1 is 1.25 bits per heavy atom. The molecule has 0 aromatic heterocycles. The van der Waals surface area contributed by atoms with E-state index < -0.39 is 18.1 Å². The Labute approximate surface area is 148 Å². The molecule has 1 aliphatic heterocycles. The van der Waals surface area contributed by atoms with Gasteiger partial charge < -0.3 is 0 Å². The summed E-state index contributed by atoms with van der Waals surface area (Å²) in [6.45, 7) is 12.0. The van der Waals surface area contributed by atoms with Gasteiger partial charge in [-0.1, -0.05) is 49.0 Å². The first-order chi connectivity index (χ1) is 11.1. The third-order valence-electron chi connectivity index (χ3n) is 4.34. The minimum Gasteiger partial charge on any atom is -0.207 e. The second kappa shape index (κ2) is 7.54. The van der Waals surface area contributed by atoms with Crippen molar-refractivity contribution in [3.63, 3.8) is 0 Å². The van der Waals surface area contributed by atoms with Crippen molar-refractivity contribution in [1.29, 1.82) is 0 Å². The van der Waals surface area contributed by atoms with Gasteiger partial charge in [-0.3, -0.25) is 0 Å². The first kappa shape index (κ1) is 19.4. The van der Waals surface area contributed by atoms with Crippen LogP contribution in [-0.4, -0.2) is 33.4 Å².